The molecule has 0 spiro atoms. The Morgan fingerprint density at radius 1 is 1.33 bits per heavy atom. The third-order valence-corrected chi connectivity index (χ3v) is 4.69. The zero-order valence-electron chi connectivity index (χ0n) is 12.4. The van der Waals surface area contributed by atoms with Crippen LogP contribution in [0.5, 0.6) is 0 Å². The first kappa shape index (κ1) is 14.8. The van der Waals surface area contributed by atoms with Crippen LogP contribution in [0.2, 0.25) is 5.02 Å². The van der Waals surface area contributed by atoms with Crippen molar-refractivity contribution in [2.24, 2.45) is 7.05 Å². The first-order chi connectivity index (χ1) is 10.1. The lowest BCUT2D eigenvalue weighted by atomic mass is 9.85. The van der Waals surface area contributed by atoms with Crippen molar-refractivity contribution in [3.05, 3.63) is 29.0 Å². The number of benzene rings is 1. The van der Waals surface area contributed by atoms with Crippen molar-refractivity contribution >= 4 is 22.6 Å². The Bertz CT molecular complexity index is 632. The Kier molecular flexibility index (Phi) is 4.20. The lowest BCUT2D eigenvalue weighted by Crippen LogP contribution is -2.42. The van der Waals surface area contributed by atoms with Gasteiger partial charge >= 0.3 is 0 Å². The van der Waals surface area contributed by atoms with Crippen LogP contribution in [-0.2, 0) is 13.6 Å². The molecule has 1 aliphatic carbocycles. The Morgan fingerprint density at radius 3 is 2.86 bits per heavy atom. The molecule has 21 heavy (non-hydrogen) atoms. The maximum atomic E-state index is 10.5. The fourth-order valence-corrected chi connectivity index (χ4v) is 3.34. The van der Waals surface area contributed by atoms with Crippen LogP contribution in [0.4, 0.5) is 0 Å². The summed E-state index contributed by atoms with van der Waals surface area (Å²) >= 11 is 6.01. The highest BCUT2D eigenvalue weighted by Gasteiger charge is 2.28. The summed E-state index contributed by atoms with van der Waals surface area (Å²) in [6.45, 7) is 1.29. The van der Waals surface area contributed by atoms with E-state index < -0.39 is 5.60 Å². The molecule has 2 N–H and O–H groups in total. The molecular weight excluding hydrogens is 286 g/mol. The van der Waals surface area contributed by atoms with Crippen LogP contribution in [0.15, 0.2) is 18.2 Å². The van der Waals surface area contributed by atoms with E-state index in [9.17, 15) is 5.11 Å². The molecule has 0 bridgehead atoms. The fourth-order valence-electron chi connectivity index (χ4n) is 3.17. The van der Waals surface area contributed by atoms with Crippen LogP contribution in [0.25, 0.3) is 11.0 Å². The molecule has 1 heterocycles. The van der Waals surface area contributed by atoms with Gasteiger partial charge in [0.15, 0.2) is 0 Å². The number of aliphatic hydroxyl groups is 1. The average molecular weight is 308 g/mol. The molecule has 0 saturated heterocycles. The quantitative estimate of drug-likeness (QED) is 0.913. The Labute approximate surface area is 130 Å². The molecular formula is C16H22ClN3O. The van der Waals surface area contributed by atoms with E-state index in [-0.39, 0.29) is 0 Å². The summed E-state index contributed by atoms with van der Waals surface area (Å²) in [7, 11) is 2.01. The number of aryl methyl sites for hydroxylation is 1. The second kappa shape index (κ2) is 5.95. The minimum atomic E-state index is -0.536. The number of nitrogens with zero attached hydrogens (tertiary/aromatic N) is 2. The molecule has 2 aromatic rings. The van der Waals surface area contributed by atoms with Crippen LogP contribution in [0.3, 0.4) is 0 Å². The molecule has 1 aliphatic rings. The number of rotatable bonds is 4. The summed E-state index contributed by atoms with van der Waals surface area (Å²) < 4.78 is 2.07. The standard InChI is InChI=1S/C16H22ClN3O/c1-20-14-6-5-12(17)9-13(14)19-15(20)10-18-11-16(21)7-3-2-4-8-16/h5-6,9,18,21H,2-4,7-8,10-11H2,1H3. The van der Waals surface area contributed by atoms with E-state index >= 15 is 0 Å². The number of fused-ring (bicyclic) bond motifs is 1. The normalized spacial score (nSPS) is 18.2. The molecule has 1 aromatic carbocycles. The number of aromatic nitrogens is 2. The van der Waals surface area contributed by atoms with E-state index in [1.165, 1.54) is 6.42 Å². The van der Waals surface area contributed by atoms with Crippen molar-refractivity contribution in [2.45, 2.75) is 44.2 Å². The van der Waals surface area contributed by atoms with E-state index in [2.05, 4.69) is 14.9 Å². The molecule has 0 aliphatic heterocycles. The van der Waals surface area contributed by atoms with E-state index in [4.69, 9.17) is 11.6 Å². The monoisotopic (exact) mass is 307 g/mol. The highest BCUT2D eigenvalue weighted by Crippen LogP contribution is 2.27. The van der Waals surface area contributed by atoms with Gasteiger partial charge in [0.25, 0.3) is 0 Å². The first-order valence-electron chi connectivity index (χ1n) is 7.61. The molecule has 4 nitrogen and oxygen atoms in total. The summed E-state index contributed by atoms with van der Waals surface area (Å²) in [6.07, 6.45) is 5.30. The van der Waals surface area contributed by atoms with Gasteiger partial charge in [0.1, 0.15) is 5.82 Å². The first-order valence-corrected chi connectivity index (χ1v) is 7.99. The predicted octanol–water partition coefficient (Wildman–Crippen LogP) is 3.01. The SMILES string of the molecule is Cn1c(CNCC2(O)CCCCC2)nc2cc(Cl)ccc21. The molecule has 0 atom stereocenters. The third-order valence-electron chi connectivity index (χ3n) is 4.46. The lowest BCUT2D eigenvalue weighted by Gasteiger charge is -2.32. The smallest absolute Gasteiger partial charge is 0.123 e. The molecule has 0 radical (unpaired) electrons. The average Bonchev–Trinajstić information content (AvgIpc) is 2.75. The highest BCUT2D eigenvalue weighted by atomic mass is 35.5. The highest BCUT2D eigenvalue weighted by molar-refractivity contribution is 6.31. The molecule has 114 valence electrons. The van der Waals surface area contributed by atoms with E-state index in [1.807, 2.05) is 25.2 Å². The van der Waals surface area contributed by atoms with Crippen molar-refractivity contribution in [2.75, 3.05) is 6.54 Å². The van der Waals surface area contributed by atoms with Gasteiger partial charge in [0, 0.05) is 18.6 Å². The molecule has 1 saturated carbocycles. The maximum Gasteiger partial charge on any atom is 0.123 e. The van der Waals surface area contributed by atoms with E-state index in [1.54, 1.807) is 0 Å². The van der Waals surface area contributed by atoms with Gasteiger partial charge in [-0.05, 0) is 31.0 Å². The van der Waals surface area contributed by atoms with Gasteiger partial charge in [-0.15, -0.1) is 0 Å². The summed E-state index contributed by atoms with van der Waals surface area (Å²) in [6, 6.07) is 5.76. The lowest BCUT2D eigenvalue weighted by molar-refractivity contribution is 0.00452. The topological polar surface area (TPSA) is 50.1 Å². The molecule has 1 fully saturated rings. The van der Waals surface area contributed by atoms with Crippen molar-refractivity contribution in [1.82, 2.24) is 14.9 Å². The number of hydrogen-bond donors (Lipinski definition) is 2. The van der Waals surface area contributed by atoms with Gasteiger partial charge < -0.3 is 15.0 Å². The summed E-state index contributed by atoms with van der Waals surface area (Å²) in [5.41, 5.74) is 1.46. The third kappa shape index (κ3) is 3.23. The van der Waals surface area contributed by atoms with Crippen LogP contribution in [-0.4, -0.2) is 26.8 Å². The number of halogens is 1. The zero-order chi connectivity index (χ0) is 14.9. The number of nitrogens with one attached hydrogen (secondary N) is 1. The summed E-state index contributed by atoms with van der Waals surface area (Å²) in [5.74, 6) is 0.965. The van der Waals surface area contributed by atoms with Gasteiger partial charge in [-0.25, -0.2) is 4.98 Å². The molecule has 1 aromatic heterocycles. The second-order valence-corrected chi connectivity index (χ2v) is 6.55. The van der Waals surface area contributed by atoms with Crippen molar-refractivity contribution in [1.29, 1.82) is 0 Å². The van der Waals surface area contributed by atoms with Crippen LogP contribution in [0.1, 0.15) is 37.9 Å². The molecule has 5 heteroatoms. The number of hydrogen-bond acceptors (Lipinski definition) is 3. The van der Waals surface area contributed by atoms with E-state index in [0.29, 0.717) is 18.1 Å². The van der Waals surface area contributed by atoms with Crippen LogP contribution >= 0.6 is 11.6 Å². The van der Waals surface area contributed by atoms with Gasteiger partial charge in [0.05, 0.1) is 23.2 Å². The second-order valence-electron chi connectivity index (χ2n) is 6.11. The molecule has 0 amide bonds. The van der Waals surface area contributed by atoms with Crippen molar-refractivity contribution in [3.8, 4) is 0 Å². The fraction of sp³-hybridized carbons (Fsp3) is 0.562. The zero-order valence-corrected chi connectivity index (χ0v) is 13.2. The Morgan fingerprint density at radius 2 is 2.10 bits per heavy atom. The molecule has 3 rings (SSSR count). The molecule has 0 unspecified atom stereocenters. The van der Waals surface area contributed by atoms with E-state index in [0.717, 1.165) is 42.5 Å². The van der Waals surface area contributed by atoms with Gasteiger partial charge in [-0.3, -0.25) is 0 Å². The minimum Gasteiger partial charge on any atom is -0.389 e. The van der Waals surface area contributed by atoms with Crippen molar-refractivity contribution in [3.63, 3.8) is 0 Å². The Balaban J connectivity index is 1.66. The van der Waals surface area contributed by atoms with Crippen LogP contribution < -0.4 is 5.32 Å². The number of imidazole rings is 1. The largest absolute Gasteiger partial charge is 0.389 e. The van der Waals surface area contributed by atoms with Gasteiger partial charge in [-0.1, -0.05) is 30.9 Å². The van der Waals surface area contributed by atoms with Crippen LogP contribution in [0, 0.1) is 0 Å². The van der Waals surface area contributed by atoms with Gasteiger partial charge in [-0.2, -0.15) is 0 Å². The van der Waals surface area contributed by atoms with Crippen molar-refractivity contribution < 1.29 is 5.11 Å². The minimum absolute atomic E-state index is 0.536. The van der Waals surface area contributed by atoms with Gasteiger partial charge in [0.2, 0.25) is 0 Å². The summed E-state index contributed by atoms with van der Waals surface area (Å²) in [4.78, 5) is 4.61. The maximum absolute atomic E-state index is 10.5. The predicted molar refractivity (Wildman–Crippen MR) is 85.5 cm³/mol. The summed E-state index contributed by atoms with van der Waals surface area (Å²) in [5, 5.41) is 14.6. The Hall–Kier alpha value is -1.10.